The van der Waals surface area contributed by atoms with Crippen LogP contribution >= 0.6 is 0 Å². The fraction of sp³-hybridized carbons (Fsp3) is 0.167. The summed E-state index contributed by atoms with van der Waals surface area (Å²) in [5.74, 6) is 0.448. The Morgan fingerprint density at radius 1 is 1.00 bits per heavy atom. The van der Waals surface area contributed by atoms with Crippen molar-refractivity contribution in [1.82, 2.24) is 15.1 Å². The number of benzene rings is 2. The lowest BCUT2D eigenvalue weighted by Crippen LogP contribution is -2.10. The molecule has 1 heterocycles. The fourth-order valence-electron chi connectivity index (χ4n) is 2.23. The van der Waals surface area contributed by atoms with Gasteiger partial charge in [0, 0.05) is 19.7 Å². The Morgan fingerprint density at radius 2 is 1.65 bits per heavy atom. The van der Waals surface area contributed by atoms with Gasteiger partial charge >= 0.3 is 0 Å². The summed E-state index contributed by atoms with van der Waals surface area (Å²) < 4.78 is 34.4. The van der Waals surface area contributed by atoms with Crippen molar-refractivity contribution >= 4 is 16.4 Å². The number of aromatic nitrogens is 2. The lowest BCUT2D eigenvalue weighted by molar-refractivity contribution is 0.578. The quantitative estimate of drug-likeness (QED) is 0.507. The topological polar surface area (TPSA) is 88.7 Å². The molecule has 0 saturated carbocycles. The zero-order chi connectivity index (χ0) is 18.7. The molecule has 0 aliphatic carbocycles. The predicted molar refractivity (Wildman–Crippen MR) is 99.3 cm³/mol. The molecular weight excluding hydrogens is 352 g/mol. The number of nitrogens with zero attached hydrogens (tertiary/aromatic N) is 4. The summed E-state index contributed by atoms with van der Waals surface area (Å²) >= 11 is 0. The summed E-state index contributed by atoms with van der Waals surface area (Å²) in [6, 6.07) is 14.0. The van der Waals surface area contributed by atoms with Gasteiger partial charge in [-0.15, -0.1) is 14.6 Å². The van der Waals surface area contributed by atoms with Crippen molar-refractivity contribution in [3.8, 4) is 22.9 Å². The van der Waals surface area contributed by atoms with Crippen LogP contribution in [-0.4, -0.2) is 43.9 Å². The van der Waals surface area contributed by atoms with Crippen molar-refractivity contribution in [1.29, 1.82) is 0 Å². The van der Waals surface area contributed by atoms with Gasteiger partial charge in [0.2, 0.25) is 11.8 Å². The predicted octanol–water partition coefficient (Wildman–Crippen LogP) is 2.99. The van der Waals surface area contributed by atoms with E-state index in [1.54, 1.807) is 37.2 Å². The van der Waals surface area contributed by atoms with Gasteiger partial charge in [0.05, 0.1) is 5.56 Å². The molecule has 3 aromatic rings. The summed E-state index contributed by atoms with van der Waals surface area (Å²) in [5, 5.41) is 8.04. The van der Waals surface area contributed by atoms with E-state index >= 15 is 0 Å². The largest absolute Gasteiger partial charge is 0.416 e. The molecule has 26 heavy (non-hydrogen) atoms. The summed E-state index contributed by atoms with van der Waals surface area (Å²) in [4.78, 5) is 1.56. The summed E-state index contributed by atoms with van der Waals surface area (Å²) in [6.45, 7) is 1.98. The van der Waals surface area contributed by atoms with Crippen LogP contribution in [0.2, 0.25) is 0 Å². The minimum atomic E-state index is -3.90. The van der Waals surface area contributed by atoms with Crippen molar-refractivity contribution in [3.63, 3.8) is 0 Å². The first kappa shape index (κ1) is 17.8. The number of sulfonamides is 1. The third-order valence-electron chi connectivity index (χ3n) is 3.54. The second kappa shape index (κ2) is 7.09. The zero-order valence-electron chi connectivity index (χ0n) is 14.6. The van der Waals surface area contributed by atoms with Gasteiger partial charge in [0.25, 0.3) is 10.0 Å². The molecule has 0 aliphatic rings. The molecule has 0 amide bonds. The highest BCUT2D eigenvalue weighted by molar-refractivity contribution is 7.90. The maximum atomic E-state index is 12.5. The Balaban J connectivity index is 2.03. The Labute approximate surface area is 152 Å². The second-order valence-electron chi connectivity index (χ2n) is 5.93. The Kier molecular flexibility index (Phi) is 4.85. The maximum Gasteiger partial charge on any atom is 0.284 e. The molecule has 0 bridgehead atoms. The molecular formula is C18H18N4O3S. The lowest BCUT2D eigenvalue weighted by Gasteiger charge is -2.06. The normalized spacial score (nSPS) is 11.8. The Hall–Kier alpha value is -3.00. The number of aryl methyl sites for hydroxylation is 1. The van der Waals surface area contributed by atoms with Gasteiger partial charge in [-0.05, 0) is 31.2 Å². The summed E-state index contributed by atoms with van der Waals surface area (Å²) in [5.41, 5.74) is 2.19. The molecule has 0 saturated heterocycles. The van der Waals surface area contributed by atoms with Crippen LogP contribution in [0.15, 0.2) is 62.2 Å². The molecule has 3 rings (SSSR count). The van der Waals surface area contributed by atoms with Crippen LogP contribution in [0.3, 0.4) is 0 Å². The Bertz CT molecular complexity index is 1040. The van der Waals surface area contributed by atoms with E-state index in [0.29, 0.717) is 11.5 Å². The minimum absolute atomic E-state index is 0.0113. The molecule has 0 aliphatic heterocycles. The van der Waals surface area contributed by atoms with Crippen molar-refractivity contribution in [2.75, 3.05) is 14.1 Å². The summed E-state index contributed by atoms with van der Waals surface area (Å²) in [6.07, 6.45) is 1.23. The van der Waals surface area contributed by atoms with E-state index in [-0.39, 0.29) is 10.8 Å². The monoisotopic (exact) mass is 370 g/mol. The van der Waals surface area contributed by atoms with Crippen LogP contribution in [0.4, 0.5) is 0 Å². The average molecular weight is 370 g/mol. The van der Waals surface area contributed by atoms with Gasteiger partial charge in [-0.25, -0.2) is 0 Å². The van der Waals surface area contributed by atoms with Gasteiger partial charge in [-0.2, -0.15) is 8.42 Å². The SMILES string of the molecule is Cc1ccc(-c2nnc(-c3ccccc3S(=O)(=O)/N=C\N(C)C)o2)cc1. The van der Waals surface area contributed by atoms with Crippen LogP contribution < -0.4 is 0 Å². The van der Waals surface area contributed by atoms with Crippen molar-refractivity contribution in [2.45, 2.75) is 11.8 Å². The van der Waals surface area contributed by atoms with E-state index in [9.17, 15) is 8.42 Å². The van der Waals surface area contributed by atoms with E-state index in [0.717, 1.165) is 11.1 Å². The van der Waals surface area contributed by atoms with Gasteiger partial charge in [-0.3, -0.25) is 0 Å². The van der Waals surface area contributed by atoms with Crippen molar-refractivity contribution in [2.24, 2.45) is 4.40 Å². The molecule has 7 nitrogen and oxygen atoms in total. The number of rotatable bonds is 5. The molecule has 8 heteroatoms. The van der Waals surface area contributed by atoms with E-state index < -0.39 is 10.0 Å². The van der Waals surface area contributed by atoms with Crippen LogP contribution in [0.1, 0.15) is 5.56 Å². The lowest BCUT2D eigenvalue weighted by atomic mass is 10.1. The van der Waals surface area contributed by atoms with Crippen LogP contribution in [0.5, 0.6) is 0 Å². The highest BCUT2D eigenvalue weighted by Gasteiger charge is 2.21. The first-order valence-corrected chi connectivity index (χ1v) is 9.28. The molecule has 134 valence electrons. The number of hydrogen-bond donors (Lipinski definition) is 0. The van der Waals surface area contributed by atoms with Gasteiger partial charge in [-0.1, -0.05) is 29.8 Å². The van der Waals surface area contributed by atoms with Crippen molar-refractivity contribution < 1.29 is 12.8 Å². The first-order chi connectivity index (χ1) is 12.4. The zero-order valence-corrected chi connectivity index (χ0v) is 15.4. The van der Waals surface area contributed by atoms with E-state index in [4.69, 9.17) is 4.42 Å². The molecule has 0 fully saturated rings. The molecule has 0 unspecified atom stereocenters. The average Bonchev–Trinajstić information content (AvgIpc) is 3.11. The van der Waals surface area contributed by atoms with Gasteiger partial charge in [0.15, 0.2) is 0 Å². The van der Waals surface area contributed by atoms with Crippen molar-refractivity contribution in [3.05, 3.63) is 54.1 Å². The third kappa shape index (κ3) is 3.80. The standard InChI is InChI=1S/C18H18N4O3S/c1-13-8-10-14(11-9-13)17-20-21-18(25-17)15-6-4-5-7-16(15)26(23,24)19-12-22(2)3/h4-12H,1-3H3/b19-12-. The summed E-state index contributed by atoms with van der Waals surface area (Å²) in [7, 11) is -0.513. The minimum Gasteiger partial charge on any atom is -0.416 e. The molecule has 0 radical (unpaired) electrons. The third-order valence-corrected chi connectivity index (χ3v) is 4.82. The van der Waals surface area contributed by atoms with Crippen LogP contribution in [-0.2, 0) is 10.0 Å². The van der Waals surface area contributed by atoms with E-state index in [1.807, 2.05) is 31.2 Å². The molecule has 1 aromatic heterocycles. The molecule has 2 aromatic carbocycles. The van der Waals surface area contributed by atoms with E-state index in [1.165, 1.54) is 12.4 Å². The smallest absolute Gasteiger partial charge is 0.284 e. The molecule has 0 N–H and O–H groups in total. The van der Waals surface area contributed by atoms with Crippen LogP contribution in [0.25, 0.3) is 22.9 Å². The fourth-order valence-corrected chi connectivity index (χ4v) is 3.34. The maximum absolute atomic E-state index is 12.5. The molecule has 0 atom stereocenters. The first-order valence-electron chi connectivity index (χ1n) is 7.84. The second-order valence-corrected chi connectivity index (χ2v) is 7.53. The van der Waals surface area contributed by atoms with Gasteiger partial charge < -0.3 is 9.32 Å². The van der Waals surface area contributed by atoms with Gasteiger partial charge in [0.1, 0.15) is 11.2 Å². The van der Waals surface area contributed by atoms with E-state index in [2.05, 4.69) is 14.6 Å². The Morgan fingerprint density at radius 3 is 2.35 bits per heavy atom. The number of hydrogen-bond acceptors (Lipinski definition) is 5. The molecule has 0 spiro atoms. The highest BCUT2D eigenvalue weighted by atomic mass is 32.2. The van der Waals surface area contributed by atoms with Crippen LogP contribution in [0, 0.1) is 6.92 Å². The highest BCUT2D eigenvalue weighted by Crippen LogP contribution is 2.29.